The second-order valence-electron chi connectivity index (χ2n) is 3.23. The van der Waals surface area contributed by atoms with Gasteiger partial charge in [-0.3, -0.25) is 0 Å². The zero-order valence-corrected chi connectivity index (χ0v) is 9.70. The van der Waals surface area contributed by atoms with Crippen molar-refractivity contribution in [2.75, 3.05) is 13.6 Å². The van der Waals surface area contributed by atoms with Crippen LogP contribution < -0.4 is 17.7 Å². The third-order valence-corrected chi connectivity index (χ3v) is 1.89. The number of ether oxygens (including phenoxy) is 1. The second kappa shape index (κ2) is 7.26. The molecule has 1 rings (SSSR count). The van der Waals surface area contributed by atoms with E-state index in [-0.39, 0.29) is 24.5 Å². The van der Waals surface area contributed by atoms with Crippen molar-refractivity contribution in [3.05, 3.63) is 35.9 Å². The average Bonchev–Trinajstić information content (AvgIpc) is 2.19. The van der Waals surface area contributed by atoms with E-state index in [0.29, 0.717) is 5.56 Å². The SMILES string of the molecule is C[NH2+]CC(C)OC(=O)c1ccccc1.[Cl-]. The third-order valence-electron chi connectivity index (χ3n) is 1.89. The lowest BCUT2D eigenvalue weighted by Crippen LogP contribution is -3.00. The lowest BCUT2D eigenvalue weighted by atomic mass is 10.2. The van der Waals surface area contributed by atoms with Crippen LogP contribution in [0, 0.1) is 0 Å². The Kier molecular flexibility index (Phi) is 6.75. The number of likely N-dealkylation sites (N-methyl/N-ethyl adjacent to an activating group) is 1. The fraction of sp³-hybridized carbons (Fsp3) is 0.364. The lowest BCUT2D eigenvalue weighted by molar-refractivity contribution is -0.632. The Morgan fingerprint density at radius 1 is 1.40 bits per heavy atom. The number of hydrogen-bond acceptors (Lipinski definition) is 2. The molecule has 84 valence electrons. The lowest BCUT2D eigenvalue weighted by Gasteiger charge is -2.10. The molecule has 0 aromatic heterocycles. The third kappa shape index (κ3) is 4.81. The van der Waals surface area contributed by atoms with Gasteiger partial charge in [-0.25, -0.2) is 4.79 Å². The van der Waals surface area contributed by atoms with Crippen LogP contribution in [0.4, 0.5) is 0 Å². The molecule has 0 aliphatic rings. The van der Waals surface area contributed by atoms with Gasteiger partial charge in [0.25, 0.3) is 0 Å². The molecule has 4 heteroatoms. The number of esters is 1. The standard InChI is InChI=1S/C11H15NO2.ClH/c1-9(8-12-2)14-11(13)10-6-4-3-5-7-10;/h3-7,9,12H,8H2,1-2H3;1H. The molecule has 1 aromatic rings. The molecule has 0 amide bonds. The van der Waals surface area contributed by atoms with Crippen molar-refractivity contribution in [3.8, 4) is 0 Å². The summed E-state index contributed by atoms with van der Waals surface area (Å²) in [6.07, 6.45) is -0.0484. The van der Waals surface area contributed by atoms with E-state index in [1.165, 1.54) is 0 Å². The monoisotopic (exact) mass is 229 g/mol. The molecular weight excluding hydrogens is 214 g/mol. The van der Waals surface area contributed by atoms with E-state index in [2.05, 4.69) is 0 Å². The van der Waals surface area contributed by atoms with E-state index in [4.69, 9.17) is 4.74 Å². The van der Waals surface area contributed by atoms with Gasteiger partial charge in [-0.2, -0.15) is 0 Å². The molecule has 0 bridgehead atoms. The van der Waals surface area contributed by atoms with E-state index in [0.717, 1.165) is 6.54 Å². The summed E-state index contributed by atoms with van der Waals surface area (Å²) in [4.78, 5) is 11.5. The molecule has 1 aromatic carbocycles. The van der Waals surface area contributed by atoms with Gasteiger partial charge in [0.2, 0.25) is 0 Å². The minimum Gasteiger partial charge on any atom is -1.00 e. The summed E-state index contributed by atoms with van der Waals surface area (Å²) in [5.74, 6) is -0.250. The Hall–Kier alpha value is -1.06. The minimum absolute atomic E-state index is 0. The predicted molar refractivity (Wildman–Crippen MR) is 54.0 cm³/mol. The van der Waals surface area contributed by atoms with E-state index < -0.39 is 0 Å². The Morgan fingerprint density at radius 2 is 2.00 bits per heavy atom. The Morgan fingerprint density at radius 3 is 2.53 bits per heavy atom. The maximum Gasteiger partial charge on any atom is 0.338 e. The number of nitrogens with two attached hydrogens (primary N) is 1. The van der Waals surface area contributed by atoms with E-state index >= 15 is 0 Å². The van der Waals surface area contributed by atoms with Crippen LogP contribution in [0.3, 0.4) is 0 Å². The number of hydrogen-bond donors (Lipinski definition) is 1. The predicted octanol–water partition coefficient (Wildman–Crippen LogP) is -2.57. The molecule has 1 atom stereocenters. The summed E-state index contributed by atoms with van der Waals surface area (Å²) < 4.78 is 5.21. The number of halogens is 1. The average molecular weight is 230 g/mol. The van der Waals surface area contributed by atoms with Crippen molar-refractivity contribution in [3.63, 3.8) is 0 Å². The molecule has 1 unspecified atom stereocenters. The molecule has 0 aliphatic heterocycles. The number of rotatable bonds is 4. The molecule has 0 saturated heterocycles. The normalized spacial score (nSPS) is 11.3. The van der Waals surface area contributed by atoms with E-state index in [1.54, 1.807) is 12.1 Å². The Bertz CT molecular complexity index is 290. The smallest absolute Gasteiger partial charge is 0.338 e. The fourth-order valence-electron chi connectivity index (χ4n) is 1.21. The van der Waals surface area contributed by atoms with Crippen molar-refractivity contribution in [1.82, 2.24) is 0 Å². The Balaban J connectivity index is 0.00000196. The highest BCUT2D eigenvalue weighted by molar-refractivity contribution is 5.89. The molecule has 0 spiro atoms. The second-order valence-corrected chi connectivity index (χ2v) is 3.23. The quantitative estimate of drug-likeness (QED) is 0.577. The van der Waals surface area contributed by atoms with Crippen molar-refractivity contribution in [1.29, 1.82) is 0 Å². The summed E-state index contributed by atoms with van der Waals surface area (Å²) >= 11 is 0. The number of carbonyl (C=O) groups excluding carboxylic acids is 1. The van der Waals surface area contributed by atoms with Gasteiger partial charge in [0.1, 0.15) is 12.6 Å². The highest BCUT2D eigenvalue weighted by Gasteiger charge is 2.11. The molecular formula is C11H16ClNO2. The topological polar surface area (TPSA) is 42.9 Å². The van der Waals surface area contributed by atoms with Gasteiger partial charge in [0.15, 0.2) is 0 Å². The first-order valence-corrected chi connectivity index (χ1v) is 4.78. The van der Waals surface area contributed by atoms with Crippen LogP contribution >= 0.6 is 0 Å². The van der Waals surface area contributed by atoms with Gasteiger partial charge in [0.05, 0.1) is 12.6 Å². The number of benzene rings is 1. The fourth-order valence-corrected chi connectivity index (χ4v) is 1.21. The highest BCUT2D eigenvalue weighted by atomic mass is 35.5. The summed E-state index contributed by atoms with van der Waals surface area (Å²) in [5.41, 5.74) is 0.607. The van der Waals surface area contributed by atoms with Crippen molar-refractivity contribution < 1.29 is 27.3 Å². The van der Waals surface area contributed by atoms with Gasteiger partial charge < -0.3 is 22.5 Å². The summed E-state index contributed by atoms with van der Waals surface area (Å²) in [7, 11) is 1.95. The zero-order valence-electron chi connectivity index (χ0n) is 8.94. The first-order chi connectivity index (χ1) is 6.74. The van der Waals surface area contributed by atoms with Crippen LogP contribution in [0.15, 0.2) is 30.3 Å². The first-order valence-electron chi connectivity index (χ1n) is 4.78. The highest BCUT2D eigenvalue weighted by Crippen LogP contribution is 2.02. The Labute approximate surface area is 96.2 Å². The van der Waals surface area contributed by atoms with Crippen LogP contribution in [-0.4, -0.2) is 25.7 Å². The molecule has 3 nitrogen and oxygen atoms in total. The van der Waals surface area contributed by atoms with Crippen LogP contribution in [0.5, 0.6) is 0 Å². The van der Waals surface area contributed by atoms with Gasteiger partial charge in [0, 0.05) is 0 Å². The zero-order chi connectivity index (χ0) is 10.4. The maximum atomic E-state index is 11.5. The summed E-state index contributed by atoms with van der Waals surface area (Å²) in [5, 5.41) is 1.99. The van der Waals surface area contributed by atoms with Gasteiger partial charge in [-0.1, -0.05) is 18.2 Å². The summed E-state index contributed by atoms with van der Waals surface area (Å²) in [6.45, 7) is 2.68. The number of carbonyl (C=O) groups is 1. The molecule has 0 aliphatic carbocycles. The number of quaternary nitrogens is 1. The van der Waals surface area contributed by atoms with Crippen LogP contribution in [0.2, 0.25) is 0 Å². The van der Waals surface area contributed by atoms with Crippen molar-refractivity contribution in [2.24, 2.45) is 0 Å². The van der Waals surface area contributed by atoms with Gasteiger partial charge in [-0.15, -0.1) is 0 Å². The molecule has 0 radical (unpaired) electrons. The van der Waals surface area contributed by atoms with Crippen molar-refractivity contribution in [2.45, 2.75) is 13.0 Å². The van der Waals surface area contributed by atoms with Gasteiger partial charge in [-0.05, 0) is 19.1 Å². The molecule has 0 fully saturated rings. The van der Waals surface area contributed by atoms with Crippen LogP contribution in [-0.2, 0) is 4.74 Å². The van der Waals surface area contributed by atoms with Gasteiger partial charge >= 0.3 is 5.97 Å². The van der Waals surface area contributed by atoms with Crippen LogP contribution in [0.1, 0.15) is 17.3 Å². The first kappa shape index (κ1) is 13.9. The molecule has 2 N–H and O–H groups in total. The van der Waals surface area contributed by atoms with Crippen LogP contribution in [0.25, 0.3) is 0 Å². The molecule has 0 heterocycles. The largest absolute Gasteiger partial charge is 1.00 e. The summed E-state index contributed by atoms with van der Waals surface area (Å²) in [6, 6.07) is 9.04. The molecule has 15 heavy (non-hydrogen) atoms. The minimum atomic E-state index is -0.250. The van der Waals surface area contributed by atoms with Crippen molar-refractivity contribution >= 4 is 5.97 Å². The van der Waals surface area contributed by atoms with E-state index in [9.17, 15) is 4.79 Å². The van der Waals surface area contributed by atoms with E-state index in [1.807, 2.05) is 37.5 Å². The maximum absolute atomic E-state index is 11.5. The molecule has 0 saturated carbocycles.